The van der Waals surface area contributed by atoms with Crippen molar-refractivity contribution in [1.82, 2.24) is 0 Å². The second kappa shape index (κ2) is 5.31. The van der Waals surface area contributed by atoms with Gasteiger partial charge in [0.1, 0.15) is 5.78 Å². The van der Waals surface area contributed by atoms with E-state index in [1.165, 1.54) is 0 Å². The minimum absolute atomic E-state index is 0.0798. The number of ketones is 1. The van der Waals surface area contributed by atoms with Crippen LogP contribution >= 0.6 is 0 Å². The van der Waals surface area contributed by atoms with E-state index in [1.807, 2.05) is 18.2 Å². The van der Waals surface area contributed by atoms with Gasteiger partial charge in [0.2, 0.25) is 5.91 Å². The summed E-state index contributed by atoms with van der Waals surface area (Å²) >= 11 is 0. The molecule has 0 radical (unpaired) electrons. The SMILES string of the molecule is CC(=O)CCN1C(=O)Cc2cc(CCN)ccc21. The van der Waals surface area contributed by atoms with Crippen molar-refractivity contribution in [3.8, 4) is 0 Å². The molecule has 1 aliphatic heterocycles. The molecule has 1 aliphatic rings. The molecule has 0 spiro atoms. The first-order valence-electron chi connectivity index (χ1n) is 6.23. The molecule has 0 aliphatic carbocycles. The van der Waals surface area contributed by atoms with Crippen LogP contribution in [0.2, 0.25) is 0 Å². The number of benzene rings is 1. The minimum atomic E-state index is 0.0798. The van der Waals surface area contributed by atoms with Crippen LogP contribution < -0.4 is 10.6 Å². The lowest BCUT2D eigenvalue weighted by atomic mass is 10.1. The Hall–Kier alpha value is -1.68. The molecule has 0 fully saturated rings. The van der Waals surface area contributed by atoms with Crippen LogP contribution in [-0.2, 0) is 22.4 Å². The van der Waals surface area contributed by atoms with Gasteiger partial charge in [0.05, 0.1) is 6.42 Å². The molecule has 0 atom stereocenters. The van der Waals surface area contributed by atoms with E-state index in [2.05, 4.69) is 0 Å². The van der Waals surface area contributed by atoms with E-state index < -0.39 is 0 Å². The van der Waals surface area contributed by atoms with E-state index in [9.17, 15) is 9.59 Å². The van der Waals surface area contributed by atoms with Crippen LogP contribution in [0.3, 0.4) is 0 Å². The van der Waals surface area contributed by atoms with Gasteiger partial charge in [0, 0.05) is 18.7 Å². The zero-order chi connectivity index (χ0) is 13.1. The molecule has 0 saturated carbocycles. The molecule has 1 amide bonds. The molecule has 0 saturated heterocycles. The molecule has 0 unspecified atom stereocenters. The number of carbonyl (C=O) groups is 2. The van der Waals surface area contributed by atoms with Gasteiger partial charge >= 0.3 is 0 Å². The number of rotatable bonds is 5. The zero-order valence-corrected chi connectivity index (χ0v) is 10.6. The lowest BCUT2D eigenvalue weighted by Crippen LogP contribution is -2.28. The fraction of sp³-hybridized carbons (Fsp3) is 0.429. The van der Waals surface area contributed by atoms with Gasteiger partial charge in [-0.15, -0.1) is 0 Å². The van der Waals surface area contributed by atoms with Crippen LogP contribution in [0.1, 0.15) is 24.5 Å². The highest BCUT2D eigenvalue weighted by Crippen LogP contribution is 2.29. The Kier molecular flexibility index (Phi) is 3.77. The molecule has 1 aromatic carbocycles. The van der Waals surface area contributed by atoms with E-state index in [0.29, 0.717) is 25.9 Å². The zero-order valence-electron chi connectivity index (χ0n) is 10.6. The van der Waals surface area contributed by atoms with Gasteiger partial charge in [-0.05, 0) is 37.1 Å². The Balaban J connectivity index is 2.18. The number of carbonyl (C=O) groups excluding carboxylic acids is 2. The summed E-state index contributed by atoms with van der Waals surface area (Å²) in [7, 11) is 0. The Morgan fingerprint density at radius 1 is 1.44 bits per heavy atom. The van der Waals surface area contributed by atoms with Crippen molar-refractivity contribution in [2.24, 2.45) is 5.73 Å². The average Bonchev–Trinajstić information content (AvgIpc) is 2.62. The highest BCUT2D eigenvalue weighted by molar-refractivity contribution is 6.01. The summed E-state index contributed by atoms with van der Waals surface area (Å²) in [6.45, 7) is 2.64. The molecule has 4 heteroatoms. The van der Waals surface area contributed by atoms with E-state index in [1.54, 1.807) is 11.8 Å². The third-order valence-electron chi connectivity index (χ3n) is 3.20. The molecule has 4 nitrogen and oxygen atoms in total. The molecule has 1 aromatic rings. The first-order valence-corrected chi connectivity index (χ1v) is 6.23. The van der Waals surface area contributed by atoms with Gasteiger partial charge in [-0.25, -0.2) is 0 Å². The molecule has 0 aromatic heterocycles. The Labute approximate surface area is 107 Å². The monoisotopic (exact) mass is 246 g/mol. The molecular weight excluding hydrogens is 228 g/mol. The highest BCUT2D eigenvalue weighted by atomic mass is 16.2. The predicted molar refractivity (Wildman–Crippen MR) is 70.6 cm³/mol. The van der Waals surface area contributed by atoms with E-state index in [0.717, 1.165) is 23.2 Å². The molecule has 96 valence electrons. The summed E-state index contributed by atoms with van der Waals surface area (Å²) in [5, 5.41) is 0. The van der Waals surface area contributed by atoms with Gasteiger partial charge in [-0.1, -0.05) is 12.1 Å². The van der Waals surface area contributed by atoms with E-state index in [-0.39, 0.29) is 11.7 Å². The number of hydrogen-bond donors (Lipinski definition) is 1. The normalized spacial score (nSPS) is 13.9. The third kappa shape index (κ3) is 2.59. The van der Waals surface area contributed by atoms with Crippen molar-refractivity contribution < 1.29 is 9.59 Å². The van der Waals surface area contributed by atoms with Crippen molar-refractivity contribution >= 4 is 17.4 Å². The standard InChI is InChI=1S/C14H18N2O2/c1-10(17)5-7-16-13-3-2-11(4-6-15)8-12(13)9-14(16)18/h2-3,8H,4-7,9,15H2,1H3. The van der Waals surface area contributed by atoms with E-state index >= 15 is 0 Å². The maximum atomic E-state index is 11.9. The van der Waals surface area contributed by atoms with E-state index in [4.69, 9.17) is 5.73 Å². The van der Waals surface area contributed by atoms with Gasteiger partial charge < -0.3 is 10.6 Å². The number of fused-ring (bicyclic) bond motifs is 1. The van der Waals surface area contributed by atoms with Gasteiger partial charge in [0.15, 0.2) is 0 Å². The molecular formula is C14H18N2O2. The van der Waals surface area contributed by atoms with Crippen molar-refractivity contribution in [3.63, 3.8) is 0 Å². The number of anilines is 1. The van der Waals surface area contributed by atoms with Crippen molar-refractivity contribution in [1.29, 1.82) is 0 Å². The number of nitrogens with two attached hydrogens (primary N) is 1. The Morgan fingerprint density at radius 2 is 2.22 bits per heavy atom. The minimum Gasteiger partial charge on any atom is -0.330 e. The van der Waals surface area contributed by atoms with Crippen LogP contribution in [0.25, 0.3) is 0 Å². The lowest BCUT2D eigenvalue weighted by molar-refractivity contribution is -0.117. The largest absolute Gasteiger partial charge is 0.330 e. The maximum Gasteiger partial charge on any atom is 0.231 e. The number of Topliss-reactive ketones (excluding diaryl/α,β-unsaturated/α-hetero) is 1. The third-order valence-corrected chi connectivity index (χ3v) is 3.20. The summed E-state index contributed by atoms with van der Waals surface area (Å²) in [5.41, 5.74) is 8.69. The smallest absolute Gasteiger partial charge is 0.231 e. The summed E-state index contributed by atoms with van der Waals surface area (Å²) in [4.78, 5) is 24.6. The highest BCUT2D eigenvalue weighted by Gasteiger charge is 2.26. The molecule has 2 rings (SSSR count). The molecule has 1 heterocycles. The van der Waals surface area contributed by atoms with Crippen molar-refractivity contribution in [2.45, 2.75) is 26.2 Å². The fourth-order valence-electron chi connectivity index (χ4n) is 2.27. The summed E-state index contributed by atoms with van der Waals surface area (Å²) in [5.74, 6) is 0.187. The topological polar surface area (TPSA) is 63.4 Å². The van der Waals surface area contributed by atoms with Crippen LogP contribution in [0, 0.1) is 0 Å². The van der Waals surface area contributed by atoms with Crippen molar-refractivity contribution in [2.75, 3.05) is 18.0 Å². The Bertz CT molecular complexity index is 483. The summed E-state index contributed by atoms with van der Waals surface area (Å²) in [6, 6.07) is 6.02. The number of amides is 1. The fourth-order valence-corrected chi connectivity index (χ4v) is 2.27. The Morgan fingerprint density at radius 3 is 2.89 bits per heavy atom. The average molecular weight is 246 g/mol. The van der Waals surface area contributed by atoms with Gasteiger partial charge in [-0.2, -0.15) is 0 Å². The predicted octanol–water partition coefficient (Wildman–Crippen LogP) is 1.06. The number of nitrogens with zero attached hydrogens (tertiary/aromatic N) is 1. The second-order valence-electron chi connectivity index (χ2n) is 4.68. The summed E-state index contributed by atoms with van der Waals surface area (Å²) < 4.78 is 0. The molecule has 0 bridgehead atoms. The van der Waals surface area contributed by atoms with Crippen LogP contribution in [-0.4, -0.2) is 24.8 Å². The van der Waals surface area contributed by atoms with Gasteiger partial charge in [0.25, 0.3) is 0 Å². The quantitative estimate of drug-likeness (QED) is 0.844. The van der Waals surface area contributed by atoms with Crippen LogP contribution in [0.15, 0.2) is 18.2 Å². The second-order valence-corrected chi connectivity index (χ2v) is 4.68. The first-order chi connectivity index (χ1) is 8.61. The number of hydrogen-bond acceptors (Lipinski definition) is 3. The molecule has 18 heavy (non-hydrogen) atoms. The summed E-state index contributed by atoms with van der Waals surface area (Å²) in [6.07, 6.45) is 1.68. The van der Waals surface area contributed by atoms with Crippen LogP contribution in [0.5, 0.6) is 0 Å². The first kappa shape index (κ1) is 12.8. The molecule has 2 N–H and O–H groups in total. The maximum absolute atomic E-state index is 11.9. The van der Waals surface area contributed by atoms with Gasteiger partial charge in [-0.3, -0.25) is 9.59 Å². The lowest BCUT2D eigenvalue weighted by Gasteiger charge is -2.16. The van der Waals surface area contributed by atoms with Crippen LogP contribution in [0.4, 0.5) is 5.69 Å². The van der Waals surface area contributed by atoms with Crippen molar-refractivity contribution in [3.05, 3.63) is 29.3 Å².